The van der Waals surface area contributed by atoms with E-state index in [1.807, 2.05) is 12.4 Å². The van der Waals surface area contributed by atoms with Crippen LogP contribution in [0.15, 0.2) is 12.4 Å². The van der Waals surface area contributed by atoms with Gasteiger partial charge in [-0.2, -0.15) is 0 Å². The minimum Gasteiger partial charge on any atom is -0.467 e. The van der Waals surface area contributed by atoms with Crippen molar-refractivity contribution >= 4 is 0 Å². The number of methoxy groups -OCH3 is 1. The van der Waals surface area contributed by atoms with Crippen molar-refractivity contribution in [2.45, 2.75) is 32.9 Å². The van der Waals surface area contributed by atoms with Crippen LogP contribution < -0.4 is 4.74 Å². The molecular formula is C14H24N4O. The second kappa shape index (κ2) is 5.84. The van der Waals surface area contributed by atoms with E-state index in [1.165, 1.54) is 0 Å². The van der Waals surface area contributed by atoms with E-state index in [-0.39, 0.29) is 5.54 Å². The number of rotatable bonds is 4. The number of ether oxygens (including phenoxy) is 1. The third-order valence-electron chi connectivity index (χ3n) is 3.80. The minimum atomic E-state index is 0.236. The summed E-state index contributed by atoms with van der Waals surface area (Å²) in [5.74, 6) is 0. The zero-order valence-electron chi connectivity index (χ0n) is 12.4. The molecule has 1 aliphatic rings. The van der Waals surface area contributed by atoms with Crippen LogP contribution in [0.1, 0.15) is 26.3 Å². The van der Waals surface area contributed by atoms with E-state index in [1.54, 1.807) is 7.11 Å². The fraction of sp³-hybridized carbons (Fsp3) is 0.714. The highest BCUT2D eigenvalue weighted by Crippen LogP contribution is 2.21. The zero-order chi connectivity index (χ0) is 13.9. The second-order valence-electron chi connectivity index (χ2n) is 5.68. The fourth-order valence-electron chi connectivity index (χ4n) is 2.80. The first-order valence-corrected chi connectivity index (χ1v) is 6.87. The lowest BCUT2D eigenvalue weighted by atomic mass is 9.98. The Hall–Kier alpha value is -1.20. The van der Waals surface area contributed by atoms with Gasteiger partial charge in [-0.1, -0.05) is 6.92 Å². The first-order chi connectivity index (χ1) is 9.05. The second-order valence-corrected chi connectivity index (χ2v) is 5.68. The highest BCUT2D eigenvalue weighted by atomic mass is 16.5. The van der Waals surface area contributed by atoms with Gasteiger partial charge in [0.1, 0.15) is 0 Å². The summed E-state index contributed by atoms with van der Waals surface area (Å²) >= 11 is 0. The van der Waals surface area contributed by atoms with Gasteiger partial charge in [0, 0.05) is 49.7 Å². The Kier molecular flexibility index (Phi) is 4.37. The first kappa shape index (κ1) is 14.2. The van der Waals surface area contributed by atoms with Gasteiger partial charge >= 0.3 is 6.01 Å². The Morgan fingerprint density at radius 3 is 2.47 bits per heavy atom. The summed E-state index contributed by atoms with van der Waals surface area (Å²) in [6, 6.07) is 0.430. The molecule has 0 aliphatic carbocycles. The van der Waals surface area contributed by atoms with Crippen LogP contribution in [0.4, 0.5) is 0 Å². The van der Waals surface area contributed by atoms with E-state index in [9.17, 15) is 0 Å². The molecule has 0 amide bonds. The topological polar surface area (TPSA) is 41.5 Å². The van der Waals surface area contributed by atoms with Crippen LogP contribution in [0.25, 0.3) is 0 Å². The Labute approximate surface area is 115 Å². The van der Waals surface area contributed by atoms with Crippen molar-refractivity contribution in [3.63, 3.8) is 0 Å². The van der Waals surface area contributed by atoms with Gasteiger partial charge in [-0.3, -0.25) is 9.80 Å². The summed E-state index contributed by atoms with van der Waals surface area (Å²) in [5.41, 5.74) is 1.38. The molecule has 106 valence electrons. The Morgan fingerprint density at radius 1 is 1.26 bits per heavy atom. The van der Waals surface area contributed by atoms with Crippen LogP contribution in [0.5, 0.6) is 6.01 Å². The zero-order valence-corrected chi connectivity index (χ0v) is 12.4. The van der Waals surface area contributed by atoms with Crippen molar-refractivity contribution in [3.05, 3.63) is 18.0 Å². The van der Waals surface area contributed by atoms with Gasteiger partial charge in [0.2, 0.25) is 0 Å². The number of hydrogen-bond donors (Lipinski definition) is 0. The minimum absolute atomic E-state index is 0.236. The van der Waals surface area contributed by atoms with E-state index in [0.717, 1.165) is 38.3 Å². The summed E-state index contributed by atoms with van der Waals surface area (Å²) < 4.78 is 4.98. The van der Waals surface area contributed by atoms with Crippen LogP contribution in [-0.2, 0) is 6.54 Å². The molecule has 0 radical (unpaired) electrons. The van der Waals surface area contributed by atoms with E-state index in [4.69, 9.17) is 4.74 Å². The predicted molar refractivity (Wildman–Crippen MR) is 75.2 cm³/mol. The van der Waals surface area contributed by atoms with Crippen molar-refractivity contribution in [1.29, 1.82) is 0 Å². The average molecular weight is 264 g/mol. The van der Waals surface area contributed by atoms with Gasteiger partial charge < -0.3 is 4.74 Å². The lowest BCUT2D eigenvalue weighted by molar-refractivity contribution is 0.0201. The van der Waals surface area contributed by atoms with E-state index < -0.39 is 0 Å². The molecular weight excluding hydrogens is 240 g/mol. The largest absolute Gasteiger partial charge is 0.467 e. The molecule has 1 aliphatic heterocycles. The summed E-state index contributed by atoms with van der Waals surface area (Å²) in [7, 11) is 1.58. The van der Waals surface area contributed by atoms with Crippen molar-refractivity contribution < 1.29 is 4.74 Å². The molecule has 0 saturated carbocycles. The number of likely N-dealkylation sites (N-methyl/N-ethyl adjacent to an activating group) is 1. The van der Waals surface area contributed by atoms with Gasteiger partial charge in [0.15, 0.2) is 0 Å². The molecule has 5 heteroatoms. The van der Waals surface area contributed by atoms with Gasteiger partial charge in [-0.05, 0) is 20.4 Å². The molecule has 19 heavy (non-hydrogen) atoms. The highest BCUT2D eigenvalue weighted by molar-refractivity contribution is 5.08. The van der Waals surface area contributed by atoms with Crippen molar-refractivity contribution in [3.8, 4) is 6.01 Å². The van der Waals surface area contributed by atoms with Crippen LogP contribution in [0.3, 0.4) is 0 Å². The maximum Gasteiger partial charge on any atom is 0.316 e. The number of aromatic nitrogens is 2. The Bertz CT molecular complexity index is 404. The maximum atomic E-state index is 4.98. The standard InChI is InChI=1S/C14H24N4O/c1-5-18-7-6-17(11-14(18,2)3)10-12-8-15-13(19-4)16-9-12/h8-9H,5-7,10-11H2,1-4H3. The maximum absolute atomic E-state index is 4.98. The smallest absolute Gasteiger partial charge is 0.316 e. The molecule has 1 fully saturated rings. The van der Waals surface area contributed by atoms with Crippen LogP contribution in [0, 0.1) is 0 Å². The monoisotopic (exact) mass is 264 g/mol. The highest BCUT2D eigenvalue weighted by Gasteiger charge is 2.32. The van der Waals surface area contributed by atoms with Crippen molar-refractivity contribution in [1.82, 2.24) is 19.8 Å². The molecule has 0 aromatic carbocycles. The molecule has 2 heterocycles. The Morgan fingerprint density at radius 2 is 1.95 bits per heavy atom. The normalized spacial score (nSPS) is 20.4. The van der Waals surface area contributed by atoms with Gasteiger partial charge in [0.05, 0.1) is 7.11 Å². The number of hydrogen-bond acceptors (Lipinski definition) is 5. The summed E-state index contributed by atoms with van der Waals surface area (Å²) in [4.78, 5) is 13.3. The van der Waals surface area contributed by atoms with E-state index in [0.29, 0.717) is 6.01 Å². The van der Waals surface area contributed by atoms with Gasteiger partial charge in [0.25, 0.3) is 0 Å². The summed E-state index contributed by atoms with van der Waals surface area (Å²) in [6.45, 7) is 12.2. The molecule has 5 nitrogen and oxygen atoms in total. The van der Waals surface area contributed by atoms with E-state index >= 15 is 0 Å². The van der Waals surface area contributed by atoms with Crippen molar-refractivity contribution in [2.75, 3.05) is 33.3 Å². The van der Waals surface area contributed by atoms with Crippen LogP contribution in [0.2, 0.25) is 0 Å². The molecule has 0 N–H and O–H groups in total. The van der Waals surface area contributed by atoms with Gasteiger partial charge in [-0.15, -0.1) is 0 Å². The Balaban J connectivity index is 1.96. The predicted octanol–water partition coefficient (Wildman–Crippen LogP) is 1.40. The molecule has 2 rings (SSSR count). The molecule has 1 aromatic rings. The lowest BCUT2D eigenvalue weighted by Gasteiger charge is -2.46. The number of piperazine rings is 1. The molecule has 1 saturated heterocycles. The molecule has 0 bridgehead atoms. The van der Waals surface area contributed by atoms with Crippen LogP contribution in [-0.4, -0.2) is 58.6 Å². The first-order valence-electron chi connectivity index (χ1n) is 6.87. The molecule has 0 atom stereocenters. The lowest BCUT2D eigenvalue weighted by Crippen LogP contribution is -2.58. The molecule has 0 unspecified atom stereocenters. The quantitative estimate of drug-likeness (QED) is 0.822. The average Bonchev–Trinajstić information content (AvgIpc) is 2.39. The third kappa shape index (κ3) is 3.42. The number of nitrogens with zero attached hydrogens (tertiary/aromatic N) is 4. The van der Waals surface area contributed by atoms with Crippen LogP contribution >= 0.6 is 0 Å². The summed E-state index contributed by atoms with van der Waals surface area (Å²) in [6.07, 6.45) is 3.70. The van der Waals surface area contributed by atoms with Gasteiger partial charge in [-0.25, -0.2) is 9.97 Å². The third-order valence-corrected chi connectivity index (χ3v) is 3.80. The SMILES string of the molecule is CCN1CCN(Cc2cnc(OC)nc2)CC1(C)C. The summed E-state index contributed by atoms with van der Waals surface area (Å²) in [5, 5.41) is 0. The van der Waals surface area contributed by atoms with Crippen molar-refractivity contribution in [2.24, 2.45) is 0 Å². The molecule has 1 aromatic heterocycles. The fourth-order valence-corrected chi connectivity index (χ4v) is 2.80. The molecule has 0 spiro atoms. The van der Waals surface area contributed by atoms with E-state index in [2.05, 4.69) is 40.5 Å².